The van der Waals surface area contributed by atoms with E-state index in [1.807, 2.05) is 11.8 Å². The fraction of sp³-hybridized carbons (Fsp3) is 0.368. The minimum absolute atomic E-state index is 0.506. The Hall–Kier alpha value is -1.25. The Morgan fingerprint density at radius 2 is 1.48 bits per heavy atom. The van der Waals surface area contributed by atoms with Gasteiger partial charge < -0.3 is 4.90 Å². The summed E-state index contributed by atoms with van der Waals surface area (Å²) in [5.74, 6) is 1.06. The second-order valence-electron chi connectivity index (χ2n) is 5.57. The van der Waals surface area contributed by atoms with Gasteiger partial charge in [0.2, 0.25) is 0 Å². The zero-order valence-electron chi connectivity index (χ0n) is 13.2. The molecule has 0 bridgehead atoms. The standard InChI is InChI=1S/C19H25NS/c1-4-18(20(2)3)19(17-13-9-6-10-14-17)21-15-16-11-7-5-8-12-16/h5-14,18-19H,4,15H2,1-3H3/t18-,19-/m0/s1. The van der Waals surface area contributed by atoms with E-state index in [9.17, 15) is 0 Å². The lowest BCUT2D eigenvalue weighted by atomic mass is 10.0. The topological polar surface area (TPSA) is 3.24 Å². The molecule has 0 spiro atoms. The SMILES string of the molecule is CC[C@@H]([C@@H](SCc1ccccc1)c1ccccc1)N(C)C. The smallest absolute Gasteiger partial charge is 0.0455 e. The van der Waals surface area contributed by atoms with E-state index >= 15 is 0 Å². The molecule has 21 heavy (non-hydrogen) atoms. The molecule has 2 aromatic rings. The van der Waals surface area contributed by atoms with Crippen molar-refractivity contribution in [3.63, 3.8) is 0 Å². The van der Waals surface area contributed by atoms with Crippen LogP contribution in [0.2, 0.25) is 0 Å². The third kappa shape index (κ3) is 4.62. The van der Waals surface area contributed by atoms with Gasteiger partial charge in [0.05, 0.1) is 0 Å². The Balaban J connectivity index is 2.16. The normalized spacial score (nSPS) is 14.1. The van der Waals surface area contributed by atoms with E-state index < -0.39 is 0 Å². The van der Waals surface area contributed by atoms with Crippen molar-refractivity contribution in [1.29, 1.82) is 0 Å². The molecule has 1 nitrogen and oxygen atoms in total. The number of benzene rings is 2. The minimum atomic E-state index is 0.506. The second kappa shape index (κ2) is 8.26. The van der Waals surface area contributed by atoms with Crippen molar-refractivity contribution < 1.29 is 0 Å². The maximum Gasteiger partial charge on any atom is 0.0455 e. The Bertz CT molecular complexity index is 510. The van der Waals surface area contributed by atoms with Crippen LogP contribution in [-0.4, -0.2) is 25.0 Å². The number of rotatable bonds is 7. The highest BCUT2D eigenvalue weighted by Crippen LogP contribution is 2.37. The molecular weight excluding hydrogens is 274 g/mol. The van der Waals surface area contributed by atoms with Gasteiger partial charge in [0.1, 0.15) is 0 Å². The lowest BCUT2D eigenvalue weighted by molar-refractivity contribution is 0.280. The average Bonchev–Trinajstić information content (AvgIpc) is 2.53. The van der Waals surface area contributed by atoms with Gasteiger partial charge in [-0.3, -0.25) is 0 Å². The van der Waals surface area contributed by atoms with E-state index in [0.29, 0.717) is 11.3 Å². The summed E-state index contributed by atoms with van der Waals surface area (Å²) in [4.78, 5) is 2.36. The number of likely N-dealkylation sites (N-methyl/N-ethyl adjacent to an activating group) is 1. The fourth-order valence-electron chi connectivity index (χ4n) is 2.68. The molecule has 112 valence electrons. The highest BCUT2D eigenvalue weighted by molar-refractivity contribution is 7.98. The third-order valence-corrected chi connectivity index (χ3v) is 5.28. The van der Waals surface area contributed by atoms with E-state index in [2.05, 4.69) is 86.6 Å². The summed E-state index contributed by atoms with van der Waals surface area (Å²) in [6.07, 6.45) is 1.16. The van der Waals surface area contributed by atoms with Crippen LogP contribution in [0.1, 0.15) is 29.7 Å². The first kappa shape index (κ1) is 16.1. The molecule has 0 aliphatic rings. The second-order valence-corrected chi connectivity index (χ2v) is 6.70. The maximum absolute atomic E-state index is 2.36. The van der Waals surface area contributed by atoms with Crippen LogP contribution >= 0.6 is 11.8 Å². The van der Waals surface area contributed by atoms with Crippen molar-refractivity contribution >= 4 is 11.8 Å². The molecule has 2 heteroatoms. The molecule has 0 aliphatic heterocycles. The van der Waals surface area contributed by atoms with Crippen LogP contribution in [0.4, 0.5) is 0 Å². The molecule has 0 saturated heterocycles. The fourth-order valence-corrected chi connectivity index (χ4v) is 4.25. The lowest BCUT2D eigenvalue weighted by Crippen LogP contribution is -2.32. The minimum Gasteiger partial charge on any atom is -0.305 e. The van der Waals surface area contributed by atoms with Crippen molar-refractivity contribution in [3.8, 4) is 0 Å². The van der Waals surface area contributed by atoms with Crippen LogP contribution in [0.25, 0.3) is 0 Å². The summed E-state index contributed by atoms with van der Waals surface area (Å²) in [5.41, 5.74) is 2.83. The van der Waals surface area contributed by atoms with Gasteiger partial charge in [-0.25, -0.2) is 0 Å². The van der Waals surface area contributed by atoms with Gasteiger partial charge in [0, 0.05) is 17.0 Å². The zero-order valence-corrected chi connectivity index (χ0v) is 14.0. The molecule has 0 aliphatic carbocycles. The summed E-state index contributed by atoms with van der Waals surface area (Å²) >= 11 is 2.05. The van der Waals surface area contributed by atoms with Gasteiger partial charge in [-0.05, 0) is 31.6 Å². The van der Waals surface area contributed by atoms with Crippen LogP contribution in [-0.2, 0) is 5.75 Å². The van der Waals surface area contributed by atoms with Crippen molar-refractivity contribution in [2.75, 3.05) is 14.1 Å². The molecule has 0 aromatic heterocycles. The van der Waals surface area contributed by atoms with Crippen LogP contribution < -0.4 is 0 Å². The number of nitrogens with zero attached hydrogens (tertiary/aromatic N) is 1. The third-order valence-electron chi connectivity index (χ3n) is 3.83. The highest BCUT2D eigenvalue weighted by Gasteiger charge is 2.23. The summed E-state index contributed by atoms with van der Waals surface area (Å²) in [7, 11) is 4.38. The van der Waals surface area contributed by atoms with Gasteiger partial charge in [0.25, 0.3) is 0 Å². The Labute approximate surface area is 133 Å². The predicted octanol–water partition coefficient (Wildman–Crippen LogP) is 5.00. The molecule has 0 unspecified atom stereocenters. The molecule has 0 heterocycles. The van der Waals surface area contributed by atoms with Crippen molar-refractivity contribution in [2.45, 2.75) is 30.4 Å². The Morgan fingerprint density at radius 1 is 0.905 bits per heavy atom. The van der Waals surface area contributed by atoms with E-state index in [4.69, 9.17) is 0 Å². The van der Waals surface area contributed by atoms with Crippen molar-refractivity contribution in [2.24, 2.45) is 0 Å². The molecule has 0 saturated carbocycles. The molecule has 2 aromatic carbocycles. The first-order valence-electron chi connectivity index (χ1n) is 7.59. The van der Waals surface area contributed by atoms with Crippen molar-refractivity contribution in [1.82, 2.24) is 4.90 Å². The van der Waals surface area contributed by atoms with Crippen LogP contribution in [0, 0.1) is 0 Å². The Morgan fingerprint density at radius 3 is 2.00 bits per heavy atom. The molecule has 2 atom stereocenters. The number of hydrogen-bond donors (Lipinski definition) is 0. The van der Waals surface area contributed by atoms with E-state index in [0.717, 1.165) is 12.2 Å². The van der Waals surface area contributed by atoms with Crippen molar-refractivity contribution in [3.05, 3.63) is 71.8 Å². The van der Waals surface area contributed by atoms with E-state index in [-0.39, 0.29) is 0 Å². The zero-order chi connectivity index (χ0) is 15.1. The van der Waals surface area contributed by atoms with E-state index in [1.54, 1.807) is 0 Å². The first-order chi connectivity index (χ1) is 10.2. The lowest BCUT2D eigenvalue weighted by Gasteiger charge is -2.31. The highest BCUT2D eigenvalue weighted by atomic mass is 32.2. The molecule has 0 radical (unpaired) electrons. The molecule has 0 N–H and O–H groups in total. The quantitative estimate of drug-likeness (QED) is 0.707. The van der Waals surface area contributed by atoms with Gasteiger partial charge in [-0.15, -0.1) is 11.8 Å². The van der Waals surface area contributed by atoms with Gasteiger partial charge in [0.15, 0.2) is 0 Å². The maximum atomic E-state index is 2.36. The molecule has 0 fully saturated rings. The number of thioether (sulfide) groups is 1. The molecule has 0 amide bonds. The number of hydrogen-bond acceptors (Lipinski definition) is 2. The Kier molecular flexibility index (Phi) is 6.34. The average molecular weight is 299 g/mol. The monoisotopic (exact) mass is 299 g/mol. The summed E-state index contributed by atoms with van der Waals surface area (Å²) in [5, 5.41) is 0.506. The first-order valence-corrected chi connectivity index (χ1v) is 8.64. The van der Waals surface area contributed by atoms with Crippen LogP contribution in [0.5, 0.6) is 0 Å². The van der Waals surface area contributed by atoms with Gasteiger partial charge in [-0.2, -0.15) is 0 Å². The van der Waals surface area contributed by atoms with Gasteiger partial charge >= 0.3 is 0 Å². The summed E-state index contributed by atoms with van der Waals surface area (Å²) in [6.45, 7) is 2.28. The van der Waals surface area contributed by atoms with Crippen LogP contribution in [0.3, 0.4) is 0 Å². The van der Waals surface area contributed by atoms with Crippen LogP contribution in [0.15, 0.2) is 60.7 Å². The van der Waals surface area contributed by atoms with E-state index in [1.165, 1.54) is 11.1 Å². The molecular formula is C19H25NS. The summed E-state index contributed by atoms with van der Waals surface area (Å²) in [6, 6.07) is 22.2. The summed E-state index contributed by atoms with van der Waals surface area (Å²) < 4.78 is 0. The largest absolute Gasteiger partial charge is 0.305 e. The van der Waals surface area contributed by atoms with Gasteiger partial charge in [-0.1, -0.05) is 67.6 Å². The molecule has 2 rings (SSSR count). The predicted molar refractivity (Wildman–Crippen MR) is 94.7 cm³/mol.